The lowest BCUT2D eigenvalue weighted by Crippen LogP contribution is -2.34. The second-order valence-electron chi connectivity index (χ2n) is 6.29. The first-order valence-electron chi connectivity index (χ1n) is 9.19. The van der Waals surface area contributed by atoms with Gasteiger partial charge in [-0.2, -0.15) is 0 Å². The standard InChI is InChI=1S/C23H23NO4/c1-3-24(20-13-8-11-17-9-4-6-12-19(17)20)22(25)16-28-23(26)15-18-10-5-7-14-21(18)27-2/h4-14H,3,15-16H2,1-2H3. The number of benzene rings is 3. The van der Waals surface area contributed by atoms with Crippen LogP contribution in [-0.2, 0) is 20.7 Å². The Morgan fingerprint density at radius 3 is 2.43 bits per heavy atom. The van der Waals surface area contributed by atoms with E-state index >= 15 is 0 Å². The summed E-state index contributed by atoms with van der Waals surface area (Å²) in [4.78, 5) is 26.6. The highest BCUT2D eigenvalue weighted by atomic mass is 16.5. The number of carbonyl (C=O) groups is 2. The normalized spacial score (nSPS) is 10.5. The Hall–Kier alpha value is -3.34. The molecule has 3 rings (SSSR count). The van der Waals surface area contributed by atoms with Gasteiger partial charge in [0.2, 0.25) is 0 Å². The average Bonchev–Trinajstić information content (AvgIpc) is 2.73. The van der Waals surface area contributed by atoms with E-state index in [4.69, 9.17) is 9.47 Å². The predicted octanol–water partition coefficient (Wildman–Crippen LogP) is 3.99. The van der Waals surface area contributed by atoms with Crippen molar-refractivity contribution in [3.05, 3.63) is 72.3 Å². The molecule has 0 spiro atoms. The van der Waals surface area contributed by atoms with Crippen LogP contribution in [0.5, 0.6) is 5.75 Å². The third-order valence-corrected chi connectivity index (χ3v) is 4.56. The summed E-state index contributed by atoms with van der Waals surface area (Å²) in [6.07, 6.45) is 0.0533. The Kier molecular flexibility index (Phi) is 6.27. The van der Waals surface area contributed by atoms with Gasteiger partial charge in [0.15, 0.2) is 6.61 Å². The van der Waals surface area contributed by atoms with E-state index in [2.05, 4.69) is 0 Å². The minimum absolute atomic E-state index is 0.0533. The van der Waals surface area contributed by atoms with Gasteiger partial charge in [-0.05, 0) is 24.4 Å². The molecule has 0 N–H and O–H groups in total. The van der Waals surface area contributed by atoms with Crippen molar-refractivity contribution in [3.63, 3.8) is 0 Å². The first kappa shape index (κ1) is 19.4. The molecule has 0 aliphatic rings. The number of ether oxygens (including phenoxy) is 2. The highest BCUT2D eigenvalue weighted by molar-refractivity contribution is 6.04. The number of carbonyl (C=O) groups excluding carboxylic acids is 2. The molecule has 1 amide bonds. The molecule has 5 heteroatoms. The zero-order valence-electron chi connectivity index (χ0n) is 16.1. The summed E-state index contributed by atoms with van der Waals surface area (Å²) in [6.45, 7) is 2.08. The Labute approximate surface area is 164 Å². The second-order valence-corrected chi connectivity index (χ2v) is 6.29. The zero-order valence-corrected chi connectivity index (χ0v) is 16.1. The number of fused-ring (bicyclic) bond motifs is 1. The highest BCUT2D eigenvalue weighted by Gasteiger charge is 2.18. The lowest BCUT2D eigenvalue weighted by Gasteiger charge is -2.22. The molecule has 0 bridgehead atoms. The third kappa shape index (κ3) is 4.31. The van der Waals surface area contributed by atoms with Crippen LogP contribution in [0.4, 0.5) is 5.69 Å². The Morgan fingerprint density at radius 1 is 0.929 bits per heavy atom. The van der Waals surface area contributed by atoms with Gasteiger partial charge in [0.1, 0.15) is 5.75 Å². The summed E-state index contributed by atoms with van der Waals surface area (Å²) < 4.78 is 10.5. The molecule has 0 fully saturated rings. The monoisotopic (exact) mass is 377 g/mol. The number of rotatable bonds is 7. The zero-order chi connectivity index (χ0) is 19.9. The number of para-hydroxylation sites is 1. The van der Waals surface area contributed by atoms with Crippen LogP contribution in [0.25, 0.3) is 10.8 Å². The van der Waals surface area contributed by atoms with E-state index < -0.39 is 5.97 Å². The van der Waals surface area contributed by atoms with Crippen LogP contribution in [-0.4, -0.2) is 32.1 Å². The third-order valence-electron chi connectivity index (χ3n) is 4.56. The summed E-state index contributed by atoms with van der Waals surface area (Å²) in [7, 11) is 1.55. The number of hydrogen-bond acceptors (Lipinski definition) is 4. The predicted molar refractivity (Wildman–Crippen MR) is 110 cm³/mol. The maximum atomic E-state index is 12.7. The fourth-order valence-electron chi connectivity index (χ4n) is 3.20. The van der Waals surface area contributed by atoms with Gasteiger partial charge in [0.25, 0.3) is 5.91 Å². The van der Waals surface area contributed by atoms with E-state index in [0.29, 0.717) is 12.3 Å². The van der Waals surface area contributed by atoms with Gasteiger partial charge >= 0.3 is 5.97 Å². The number of anilines is 1. The number of methoxy groups -OCH3 is 1. The van der Waals surface area contributed by atoms with Crippen molar-refractivity contribution < 1.29 is 19.1 Å². The van der Waals surface area contributed by atoms with Gasteiger partial charge in [0, 0.05) is 17.5 Å². The Balaban J connectivity index is 1.68. The molecule has 0 aromatic heterocycles. The second kappa shape index (κ2) is 9.04. The number of esters is 1. The lowest BCUT2D eigenvalue weighted by atomic mass is 10.1. The van der Waals surface area contributed by atoms with E-state index in [0.717, 1.165) is 22.0 Å². The lowest BCUT2D eigenvalue weighted by molar-refractivity contribution is -0.147. The van der Waals surface area contributed by atoms with Crippen LogP contribution >= 0.6 is 0 Å². The summed E-state index contributed by atoms with van der Waals surface area (Å²) in [5.41, 5.74) is 1.54. The summed E-state index contributed by atoms with van der Waals surface area (Å²) in [6, 6.07) is 21.0. The van der Waals surface area contributed by atoms with Crippen LogP contribution in [0.15, 0.2) is 66.7 Å². The SMILES string of the molecule is CCN(C(=O)COC(=O)Cc1ccccc1OC)c1cccc2ccccc12. The first-order valence-corrected chi connectivity index (χ1v) is 9.19. The first-order chi connectivity index (χ1) is 13.6. The van der Waals surface area contributed by atoms with Crippen molar-refractivity contribution in [2.45, 2.75) is 13.3 Å². The summed E-state index contributed by atoms with van der Waals surface area (Å²) in [5, 5.41) is 2.04. The van der Waals surface area contributed by atoms with Crippen molar-refractivity contribution in [3.8, 4) is 5.75 Å². The fraction of sp³-hybridized carbons (Fsp3) is 0.217. The fourth-order valence-corrected chi connectivity index (χ4v) is 3.20. The minimum atomic E-state index is -0.466. The molecule has 3 aromatic rings. The molecule has 5 nitrogen and oxygen atoms in total. The minimum Gasteiger partial charge on any atom is -0.496 e. The summed E-state index contributed by atoms with van der Waals surface area (Å²) >= 11 is 0. The molecule has 0 aliphatic carbocycles. The van der Waals surface area contributed by atoms with E-state index in [1.165, 1.54) is 0 Å². The van der Waals surface area contributed by atoms with Crippen LogP contribution in [0, 0.1) is 0 Å². The van der Waals surface area contributed by atoms with Gasteiger partial charge in [-0.15, -0.1) is 0 Å². The quantitative estimate of drug-likeness (QED) is 0.584. The molecule has 0 radical (unpaired) electrons. The van der Waals surface area contributed by atoms with Gasteiger partial charge < -0.3 is 14.4 Å². The molecule has 0 heterocycles. The van der Waals surface area contributed by atoms with Crippen LogP contribution in [0.1, 0.15) is 12.5 Å². The number of likely N-dealkylation sites (N-methyl/N-ethyl adjacent to an activating group) is 1. The Bertz CT molecular complexity index is 978. The number of amides is 1. The molecular weight excluding hydrogens is 354 g/mol. The van der Waals surface area contributed by atoms with Crippen molar-refractivity contribution >= 4 is 28.3 Å². The molecule has 0 saturated heterocycles. The molecule has 0 saturated carbocycles. The molecule has 144 valence electrons. The molecule has 0 aliphatic heterocycles. The Morgan fingerprint density at radius 2 is 1.64 bits per heavy atom. The van der Waals surface area contributed by atoms with Crippen molar-refractivity contribution in [1.82, 2.24) is 0 Å². The number of hydrogen-bond donors (Lipinski definition) is 0. The van der Waals surface area contributed by atoms with E-state index in [1.54, 1.807) is 24.1 Å². The van der Waals surface area contributed by atoms with E-state index in [9.17, 15) is 9.59 Å². The maximum absolute atomic E-state index is 12.7. The topological polar surface area (TPSA) is 55.8 Å². The average molecular weight is 377 g/mol. The molecule has 28 heavy (non-hydrogen) atoms. The highest BCUT2D eigenvalue weighted by Crippen LogP contribution is 2.26. The van der Waals surface area contributed by atoms with E-state index in [-0.39, 0.29) is 18.9 Å². The number of nitrogens with zero attached hydrogens (tertiary/aromatic N) is 1. The van der Waals surface area contributed by atoms with Gasteiger partial charge in [-0.3, -0.25) is 9.59 Å². The summed E-state index contributed by atoms with van der Waals surface area (Å²) in [5.74, 6) is -0.101. The van der Waals surface area contributed by atoms with Gasteiger partial charge in [0.05, 0.1) is 19.2 Å². The van der Waals surface area contributed by atoms with Crippen LogP contribution < -0.4 is 9.64 Å². The molecular formula is C23H23NO4. The van der Waals surface area contributed by atoms with Crippen molar-refractivity contribution in [2.24, 2.45) is 0 Å². The largest absolute Gasteiger partial charge is 0.496 e. The van der Waals surface area contributed by atoms with Gasteiger partial charge in [-0.25, -0.2) is 0 Å². The van der Waals surface area contributed by atoms with Crippen LogP contribution in [0.2, 0.25) is 0 Å². The van der Waals surface area contributed by atoms with Gasteiger partial charge in [-0.1, -0.05) is 54.6 Å². The van der Waals surface area contributed by atoms with Crippen LogP contribution in [0.3, 0.4) is 0 Å². The van der Waals surface area contributed by atoms with Crippen molar-refractivity contribution in [2.75, 3.05) is 25.2 Å². The molecule has 0 unspecified atom stereocenters. The molecule has 3 aromatic carbocycles. The van der Waals surface area contributed by atoms with E-state index in [1.807, 2.05) is 61.5 Å². The van der Waals surface area contributed by atoms with Crippen molar-refractivity contribution in [1.29, 1.82) is 0 Å². The maximum Gasteiger partial charge on any atom is 0.310 e. The smallest absolute Gasteiger partial charge is 0.310 e. The molecule has 0 atom stereocenters.